The Morgan fingerprint density at radius 1 is 1.13 bits per heavy atom. The van der Waals surface area contributed by atoms with Crippen molar-refractivity contribution in [2.24, 2.45) is 0 Å². The number of nitro groups is 1. The van der Waals surface area contributed by atoms with Crippen LogP contribution in [-0.4, -0.2) is 30.2 Å². The van der Waals surface area contributed by atoms with Crippen LogP contribution in [0.15, 0.2) is 65.8 Å². The van der Waals surface area contributed by atoms with E-state index in [4.69, 9.17) is 0 Å². The summed E-state index contributed by atoms with van der Waals surface area (Å²) in [4.78, 5) is 39.5. The van der Waals surface area contributed by atoms with Crippen LogP contribution in [0.25, 0.3) is 16.7 Å². The van der Waals surface area contributed by atoms with Crippen molar-refractivity contribution in [3.05, 3.63) is 87.1 Å². The average molecular weight is 404 g/mol. The van der Waals surface area contributed by atoms with Gasteiger partial charge in [-0.3, -0.25) is 24.3 Å². The molecule has 4 aromatic rings. The Morgan fingerprint density at radius 2 is 1.83 bits per heavy atom. The molecule has 0 aliphatic carbocycles. The third kappa shape index (κ3) is 3.65. The molecule has 2 aromatic carbocycles. The van der Waals surface area contributed by atoms with Crippen LogP contribution in [0.5, 0.6) is 0 Å². The number of benzene rings is 2. The Kier molecular flexibility index (Phi) is 4.80. The van der Waals surface area contributed by atoms with E-state index in [1.807, 2.05) is 31.2 Å². The maximum Gasteiger partial charge on any atom is 0.269 e. The van der Waals surface area contributed by atoms with Crippen molar-refractivity contribution in [2.45, 2.75) is 13.5 Å². The second kappa shape index (κ2) is 7.59. The normalized spacial score (nSPS) is 10.8. The highest BCUT2D eigenvalue weighted by Crippen LogP contribution is 2.16. The lowest BCUT2D eigenvalue weighted by molar-refractivity contribution is -0.384. The van der Waals surface area contributed by atoms with Crippen molar-refractivity contribution in [1.82, 2.24) is 19.3 Å². The first-order valence-corrected chi connectivity index (χ1v) is 8.97. The molecule has 0 radical (unpaired) electrons. The summed E-state index contributed by atoms with van der Waals surface area (Å²) in [6.07, 6.45) is 2.72. The van der Waals surface area contributed by atoms with Gasteiger partial charge in [-0.25, -0.2) is 9.67 Å². The first-order valence-electron chi connectivity index (χ1n) is 8.97. The van der Waals surface area contributed by atoms with Crippen LogP contribution in [0.1, 0.15) is 5.56 Å². The highest BCUT2D eigenvalue weighted by Gasteiger charge is 2.14. The summed E-state index contributed by atoms with van der Waals surface area (Å²) in [6.45, 7) is 1.72. The Morgan fingerprint density at radius 3 is 2.50 bits per heavy atom. The number of nitrogens with zero attached hydrogens (tertiary/aromatic N) is 5. The second-order valence-electron chi connectivity index (χ2n) is 6.66. The van der Waals surface area contributed by atoms with Crippen molar-refractivity contribution < 1.29 is 9.72 Å². The van der Waals surface area contributed by atoms with Gasteiger partial charge >= 0.3 is 0 Å². The molecule has 30 heavy (non-hydrogen) atoms. The molecule has 4 rings (SSSR count). The lowest BCUT2D eigenvalue weighted by Gasteiger charge is -2.08. The Bertz CT molecular complexity index is 1310. The Labute approximate surface area is 169 Å². The third-order valence-corrected chi connectivity index (χ3v) is 4.51. The summed E-state index contributed by atoms with van der Waals surface area (Å²) in [5.41, 5.74) is 2.19. The van der Waals surface area contributed by atoms with Crippen LogP contribution in [0.2, 0.25) is 0 Å². The van der Waals surface area contributed by atoms with Crippen LogP contribution >= 0.6 is 0 Å². The number of anilines is 1. The van der Waals surface area contributed by atoms with Crippen LogP contribution in [-0.2, 0) is 11.3 Å². The summed E-state index contributed by atoms with van der Waals surface area (Å²) < 4.78 is 2.75. The lowest BCUT2D eigenvalue weighted by atomic mass is 10.2. The van der Waals surface area contributed by atoms with Crippen LogP contribution in [0.4, 0.5) is 11.4 Å². The van der Waals surface area contributed by atoms with Crippen LogP contribution in [0.3, 0.4) is 0 Å². The summed E-state index contributed by atoms with van der Waals surface area (Å²) in [5, 5.41) is 17.8. The second-order valence-corrected chi connectivity index (χ2v) is 6.66. The largest absolute Gasteiger partial charge is 0.325 e. The first-order chi connectivity index (χ1) is 14.4. The number of carbonyl (C=O) groups is 1. The maximum absolute atomic E-state index is 12.7. The maximum atomic E-state index is 12.7. The van der Waals surface area contributed by atoms with Gasteiger partial charge in [0, 0.05) is 17.8 Å². The predicted molar refractivity (Wildman–Crippen MR) is 110 cm³/mol. The summed E-state index contributed by atoms with van der Waals surface area (Å²) in [5.74, 6) is -0.460. The number of hydrogen-bond acceptors (Lipinski definition) is 6. The van der Waals surface area contributed by atoms with E-state index in [9.17, 15) is 19.7 Å². The monoisotopic (exact) mass is 404 g/mol. The van der Waals surface area contributed by atoms with Gasteiger partial charge < -0.3 is 5.32 Å². The molecule has 0 aliphatic rings. The van der Waals surface area contributed by atoms with E-state index < -0.39 is 16.4 Å². The number of amides is 1. The fourth-order valence-electron chi connectivity index (χ4n) is 2.96. The molecule has 0 spiro atoms. The Hall–Kier alpha value is -4.34. The van der Waals surface area contributed by atoms with Gasteiger partial charge in [0.2, 0.25) is 5.91 Å². The SMILES string of the molecule is Cc1ccc(-n2ncc3c(=O)n(CC(=O)Nc4ccc([N+](=O)[O-])cc4)cnc32)cc1. The van der Waals surface area contributed by atoms with Crippen molar-refractivity contribution in [3.8, 4) is 5.69 Å². The molecule has 10 nitrogen and oxygen atoms in total. The Balaban J connectivity index is 1.55. The summed E-state index contributed by atoms with van der Waals surface area (Å²) >= 11 is 0. The van der Waals surface area contributed by atoms with E-state index in [0.717, 1.165) is 11.3 Å². The fourth-order valence-corrected chi connectivity index (χ4v) is 2.96. The number of non-ortho nitro benzene ring substituents is 1. The van der Waals surface area contributed by atoms with Gasteiger partial charge in [-0.05, 0) is 31.2 Å². The van der Waals surface area contributed by atoms with E-state index in [-0.39, 0.29) is 12.2 Å². The molecule has 0 fully saturated rings. The zero-order chi connectivity index (χ0) is 21.3. The molecule has 1 amide bonds. The highest BCUT2D eigenvalue weighted by atomic mass is 16.6. The van der Waals surface area contributed by atoms with Gasteiger partial charge in [-0.15, -0.1) is 0 Å². The standard InChI is InChI=1S/C20H16N6O4/c1-13-2-6-15(7-3-13)25-19-17(10-22-25)20(28)24(12-21-19)11-18(27)23-14-4-8-16(9-5-14)26(29)30/h2-10,12H,11H2,1H3,(H,23,27). The van der Waals surface area contributed by atoms with E-state index >= 15 is 0 Å². The topological polar surface area (TPSA) is 125 Å². The van der Waals surface area contributed by atoms with Gasteiger partial charge in [0.25, 0.3) is 11.2 Å². The number of rotatable bonds is 5. The molecule has 0 atom stereocenters. The smallest absolute Gasteiger partial charge is 0.269 e. The molecular weight excluding hydrogens is 388 g/mol. The highest BCUT2D eigenvalue weighted by molar-refractivity contribution is 5.90. The lowest BCUT2D eigenvalue weighted by Crippen LogP contribution is -2.27. The van der Waals surface area contributed by atoms with Crippen molar-refractivity contribution in [2.75, 3.05) is 5.32 Å². The minimum atomic E-state index is -0.525. The van der Waals surface area contributed by atoms with E-state index in [1.165, 1.54) is 41.4 Å². The number of carbonyl (C=O) groups excluding carboxylic acids is 1. The van der Waals surface area contributed by atoms with Gasteiger partial charge in [-0.1, -0.05) is 17.7 Å². The molecule has 0 aliphatic heterocycles. The minimum Gasteiger partial charge on any atom is -0.325 e. The zero-order valence-corrected chi connectivity index (χ0v) is 15.8. The minimum absolute atomic E-state index is 0.0792. The van der Waals surface area contributed by atoms with Crippen molar-refractivity contribution in [3.63, 3.8) is 0 Å². The van der Waals surface area contributed by atoms with Crippen LogP contribution in [0, 0.1) is 17.0 Å². The molecule has 2 heterocycles. The number of hydrogen-bond donors (Lipinski definition) is 1. The van der Waals surface area contributed by atoms with E-state index in [1.54, 1.807) is 4.68 Å². The first kappa shape index (κ1) is 19.0. The molecule has 0 bridgehead atoms. The van der Waals surface area contributed by atoms with Gasteiger partial charge in [0.05, 0.1) is 16.8 Å². The van der Waals surface area contributed by atoms with E-state index in [2.05, 4.69) is 15.4 Å². The number of aromatic nitrogens is 4. The molecular formula is C20H16N6O4. The van der Waals surface area contributed by atoms with Crippen molar-refractivity contribution >= 4 is 28.3 Å². The third-order valence-electron chi connectivity index (χ3n) is 4.51. The number of fused-ring (bicyclic) bond motifs is 1. The molecule has 150 valence electrons. The van der Waals surface area contributed by atoms with Crippen molar-refractivity contribution in [1.29, 1.82) is 0 Å². The number of nitrogens with one attached hydrogen (secondary N) is 1. The van der Waals surface area contributed by atoms with Gasteiger partial charge in [0.15, 0.2) is 5.65 Å². The van der Waals surface area contributed by atoms with E-state index in [0.29, 0.717) is 16.7 Å². The van der Waals surface area contributed by atoms with Gasteiger partial charge in [0.1, 0.15) is 18.3 Å². The molecule has 0 unspecified atom stereocenters. The predicted octanol–water partition coefficient (Wildman–Crippen LogP) is 2.44. The average Bonchev–Trinajstić information content (AvgIpc) is 3.16. The number of nitro benzene ring substituents is 1. The molecule has 1 N–H and O–H groups in total. The molecule has 2 aromatic heterocycles. The summed E-state index contributed by atoms with van der Waals surface area (Å²) in [6, 6.07) is 13.1. The zero-order valence-electron chi connectivity index (χ0n) is 15.8. The fraction of sp³-hybridized carbons (Fsp3) is 0.100. The molecule has 10 heteroatoms. The van der Waals surface area contributed by atoms with Crippen LogP contribution < -0.4 is 10.9 Å². The molecule has 0 saturated heterocycles. The quantitative estimate of drug-likeness (QED) is 0.402. The van der Waals surface area contributed by atoms with Gasteiger partial charge in [-0.2, -0.15) is 5.10 Å². The number of aryl methyl sites for hydroxylation is 1. The molecule has 0 saturated carbocycles. The summed E-state index contributed by atoms with van der Waals surface area (Å²) in [7, 11) is 0.